The molecule has 0 spiro atoms. The minimum atomic E-state index is -0.568. The van der Waals surface area contributed by atoms with E-state index in [0.717, 1.165) is 16.3 Å². The summed E-state index contributed by atoms with van der Waals surface area (Å²) >= 11 is 1.45. The van der Waals surface area contributed by atoms with Crippen LogP contribution in [-0.2, 0) is 11.2 Å². The molecule has 1 aromatic heterocycles. The SMILES string of the molecule is C=C1C(O)=C(c2ncc(Cc3ccc(F)cc3)s2)N=C2N1CCOC2(C)C. The van der Waals surface area contributed by atoms with Gasteiger partial charge in [0, 0.05) is 24.0 Å². The van der Waals surface area contributed by atoms with Gasteiger partial charge in [-0.3, -0.25) is 0 Å². The van der Waals surface area contributed by atoms with Crippen LogP contribution in [0.3, 0.4) is 0 Å². The number of thiazole rings is 1. The number of aliphatic hydroxyl groups excluding tert-OH is 1. The number of benzene rings is 1. The van der Waals surface area contributed by atoms with Crippen molar-refractivity contribution in [1.82, 2.24) is 9.88 Å². The van der Waals surface area contributed by atoms with Crippen molar-refractivity contribution in [3.8, 4) is 0 Å². The van der Waals surface area contributed by atoms with Gasteiger partial charge >= 0.3 is 0 Å². The van der Waals surface area contributed by atoms with Crippen LogP contribution in [0, 0.1) is 5.82 Å². The Morgan fingerprint density at radius 1 is 1.33 bits per heavy atom. The lowest BCUT2D eigenvalue weighted by atomic mass is 10.0. The van der Waals surface area contributed by atoms with Crippen LogP contribution in [0.5, 0.6) is 0 Å². The second-order valence-corrected chi connectivity index (χ2v) is 8.14. The highest BCUT2D eigenvalue weighted by Crippen LogP contribution is 2.36. The summed E-state index contributed by atoms with van der Waals surface area (Å²) in [6.07, 6.45) is 2.41. The fraction of sp³-hybridized carbons (Fsp3) is 0.300. The van der Waals surface area contributed by atoms with Gasteiger partial charge in [0.2, 0.25) is 0 Å². The Bertz CT molecular complexity index is 960. The van der Waals surface area contributed by atoms with E-state index < -0.39 is 5.60 Å². The quantitative estimate of drug-likeness (QED) is 0.863. The van der Waals surface area contributed by atoms with Crippen molar-refractivity contribution in [2.75, 3.05) is 13.2 Å². The second-order valence-electron chi connectivity index (χ2n) is 7.02. The maximum absolute atomic E-state index is 13.1. The highest BCUT2D eigenvalue weighted by Gasteiger charge is 2.40. The van der Waals surface area contributed by atoms with Gasteiger partial charge in [0.1, 0.15) is 28.0 Å². The molecule has 1 aromatic carbocycles. The van der Waals surface area contributed by atoms with Crippen molar-refractivity contribution < 1.29 is 14.2 Å². The first-order chi connectivity index (χ1) is 12.8. The first-order valence-electron chi connectivity index (χ1n) is 8.68. The summed E-state index contributed by atoms with van der Waals surface area (Å²) in [6, 6.07) is 6.41. The van der Waals surface area contributed by atoms with Gasteiger partial charge in [-0.25, -0.2) is 14.4 Å². The van der Waals surface area contributed by atoms with Crippen molar-refractivity contribution in [2.45, 2.75) is 25.9 Å². The third-order valence-electron chi connectivity index (χ3n) is 4.66. The van der Waals surface area contributed by atoms with Crippen LogP contribution in [0.1, 0.15) is 29.3 Å². The molecule has 4 rings (SSSR count). The summed E-state index contributed by atoms with van der Waals surface area (Å²) in [6.45, 7) is 9.08. The Hall–Kier alpha value is -2.51. The van der Waals surface area contributed by atoms with Crippen LogP contribution in [-0.4, -0.2) is 39.6 Å². The minimum absolute atomic E-state index is 0.0409. The molecule has 3 heterocycles. The lowest BCUT2D eigenvalue weighted by molar-refractivity contribution is -0.000967. The molecule has 0 bridgehead atoms. The van der Waals surface area contributed by atoms with Crippen LogP contribution >= 0.6 is 11.3 Å². The highest BCUT2D eigenvalue weighted by molar-refractivity contribution is 7.12. The molecule has 0 aliphatic carbocycles. The molecule has 0 amide bonds. The average Bonchev–Trinajstić information content (AvgIpc) is 3.08. The van der Waals surface area contributed by atoms with E-state index in [1.54, 1.807) is 18.3 Å². The van der Waals surface area contributed by atoms with E-state index in [1.165, 1.54) is 23.5 Å². The van der Waals surface area contributed by atoms with Gasteiger partial charge in [-0.2, -0.15) is 0 Å². The number of amidine groups is 1. The number of aliphatic hydroxyl groups is 1. The molecular formula is C20H20FN3O2S. The maximum Gasteiger partial charge on any atom is 0.167 e. The van der Waals surface area contributed by atoms with Crippen molar-refractivity contribution in [3.63, 3.8) is 0 Å². The van der Waals surface area contributed by atoms with Crippen LogP contribution < -0.4 is 0 Å². The monoisotopic (exact) mass is 385 g/mol. The fourth-order valence-corrected chi connectivity index (χ4v) is 4.16. The van der Waals surface area contributed by atoms with Crippen molar-refractivity contribution >= 4 is 22.9 Å². The number of hydrogen-bond acceptors (Lipinski definition) is 6. The molecule has 2 aliphatic heterocycles. The fourth-order valence-electron chi connectivity index (χ4n) is 3.22. The number of rotatable bonds is 3. The Balaban J connectivity index is 1.66. The molecule has 0 saturated carbocycles. The summed E-state index contributed by atoms with van der Waals surface area (Å²) in [5, 5.41) is 11.3. The molecule has 1 saturated heterocycles. The van der Waals surface area contributed by atoms with E-state index in [2.05, 4.69) is 16.6 Å². The smallest absolute Gasteiger partial charge is 0.167 e. The van der Waals surface area contributed by atoms with Crippen molar-refractivity contribution in [2.24, 2.45) is 4.99 Å². The first kappa shape index (κ1) is 17.9. The number of aromatic nitrogens is 1. The Kier molecular flexibility index (Phi) is 4.36. The van der Waals surface area contributed by atoms with Crippen molar-refractivity contribution in [1.29, 1.82) is 0 Å². The normalized spacial score (nSPS) is 19.1. The molecule has 1 N–H and O–H groups in total. The third-order valence-corrected chi connectivity index (χ3v) is 5.66. The highest BCUT2D eigenvalue weighted by atomic mass is 32.1. The summed E-state index contributed by atoms with van der Waals surface area (Å²) in [5.74, 6) is 0.512. The molecule has 2 aliphatic rings. The standard InChI is InChI=1S/C20H20FN3O2S/c1-12-17(25)16(23-19-20(2,3)26-9-8-24(12)19)18-22-11-15(27-18)10-13-4-6-14(21)7-5-13/h4-7,11,25H,1,8-10H2,2-3H3. The average molecular weight is 385 g/mol. The summed E-state index contributed by atoms with van der Waals surface area (Å²) in [5.41, 5.74) is 1.36. The summed E-state index contributed by atoms with van der Waals surface area (Å²) in [4.78, 5) is 12.0. The Morgan fingerprint density at radius 2 is 2.07 bits per heavy atom. The van der Waals surface area contributed by atoms with Gasteiger partial charge in [-0.15, -0.1) is 11.3 Å². The predicted molar refractivity (Wildman–Crippen MR) is 104 cm³/mol. The number of morpholine rings is 1. The molecule has 7 heteroatoms. The lowest BCUT2D eigenvalue weighted by Gasteiger charge is -2.43. The van der Waals surface area contributed by atoms with Crippen LogP contribution in [0.15, 0.2) is 53.5 Å². The molecule has 140 valence electrons. The number of ether oxygens (including phenoxy) is 1. The molecule has 0 radical (unpaired) electrons. The van der Waals surface area contributed by atoms with Crippen LogP contribution in [0.4, 0.5) is 4.39 Å². The Morgan fingerprint density at radius 3 is 2.81 bits per heavy atom. The number of nitrogens with zero attached hydrogens (tertiary/aromatic N) is 3. The van der Waals surface area contributed by atoms with Gasteiger partial charge in [0.05, 0.1) is 12.3 Å². The van der Waals surface area contributed by atoms with Gasteiger partial charge in [-0.05, 0) is 31.5 Å². The summed E-state index contributed by atoms with van der Waals surface area (Å²) in [7, 11) is 0. The van der Waals surface area contributed by atoms with E-state index >= 15 is 0 Å². The largest absolute Gasteiger partial charge is 0.504 e. The zero-order valence-electron chi connectivity index (χ0n) is 15.2. The topological polar surface area (TPSA) is 58.0 Å². The van der Waals surface area contributed by atoms with E-state index in [9.17, 15) is 9.50 Å². The molecule has 0 unspecified atom stereocenters. The van der Waals surface area contributed by atoms with E-state index in [0.29, 0.717) is 36.0 Å². The van der Waals surface area contributed by atoms with Gasteiger partial charge in [0.25, 0.3) is 0 Å². The van der Waals surface area contributed by atoms with E-state index in [1.807, 2.05) is 18.7 Å². The number of aliphatic imine (C=N–C) groups is 1. The molecular weight excluding hydrogens is 365 g/mol. The third kappa shape index (κ3) is 3.28. The zero-order valence-corrected chi connectivity index (χ0v) is 16.0. The second kappa shape index (κ2) is 6.58. The maximum atomic E-state index is 13.1. The molecule has 27 heavy (non-hydrogen) atoms. The Labute approximate surface area is 161 Å². The van der Waals surface area contributed by atoms with Crippen molar-refractivity contribution in [3.05, 3.63) is 69.8 Å². The van der Waals surface area contributed by atoms with Gasteiger partial charge < -0.3 is 14.7 Å². The van der Waals surface area contributed by atoms with Crippen LogP contribution in [0.25, 0.3) is 5.70 Å². The molecule has 1 fully saturated rings. The molecule has 5 nitrogen and oxygen atoms in total. The van der Waals surface area contributed by atoms with E-state index in [-0.39, 0.29) is 11.6 Å². The van der Waals surface area contributed by atoms with Gasteiger partial charge in [-0.1, -0.05) is 18.7 Å². The first-order valence-corrected chi connectivity index (χ1v) is 9.49. The molecule has 0 atom stereocenters. The number of fused-ring (bicyclic) bond motifs is 1. The van der Waals surface area contributed by atoms with Gasteiger partial charge in [0.15, 0.2) is 5.76 Å². The lowest BCUT2D eigenvalue weighted by Crippen LogP contribution is -2.54. The predicted octanol–water partition coefficient (Wildman–Crippen LogP) is 4.14. The zero-order chi connectivity index (χ0) is 19.2. The minimum Gasteiger partial charge on any atom is -0.504 e. The van der Waals surface area contributed by atoms with E-state index in [4.69, 9.17) is 4.74 Å². The number of hydrogen-bond donors (Lipinski definition) is 1. The molecule has 2 aromatic rings. The van der Waals surface area contributed by atoms with Crippen LogP contribution in [0.2, 0.25) is 0 Å². The number of halogens is 1. The summed E-state index contributed by atoms with van der Waals surface area (Å²) < 4.78 is 18.9.